The van der Waals surface area contributed by atoms with Gasteiger partial charge in [0.05, 0.1) is 16.7 Å². The van der Waals surface area contributed by atoms with Crippen LogP contribution in [0.3, 0.4) is 0 Å². The summed E-state index contributed by atoms with van der Waals surface area (Å²) in [6.45, 7) is 0. The van der Waals surface area contributed by atoms with E-state index < -0.39 is 0 Å². The van der Waals surface area contributed by atoms with Crippen LogP contribution in [0.4, 0.5) is 0 Å². The van der Waals surface area contributed by atoms with Gasteiger partial charge in [-0.2, -0.15) is 0 Å². The molecule has 0 aliphatic rings. The topological polar surface area (TPSA) is 69.9 Å². The van der Waals surface area contributed by atoms with Crippen LogP contribution < -0.4 is 0 Å². The summed E-state index contributed by atoms with van der Waals surface area (Å²) in [5, 5.41) is 6.37. The molecule has 0 N–H and O–H groups in total. The highest BCUT2D eigenvalue weighted by Crippen LogP contribution is 2.42. The van der Waals surface area contributed by atoms with Crippen molar-refractivity contribution in [1.29, 1.82) is 0 Å². The summed E-state index contributed by atoms with van der Waals surface area (Å²) in [5.41, 5.74) is 13.4. The molecule has 0 aliphatic heterocycles. The van der Waals surface area contributed by atoms with Crippen molar-refractivity contribution >= 4 is 65.7 Å². The van der Waals surface area contributed by atoms with Gasteiger partial charge in [0.15, 0.2) is 23.1 Å². The average Bonchev–Trinajstić information content (AvgIpc) is 4.04. The first-order valence-electron chi connectivity index (χ1n) is 21.1. The molecule has 0 saturated heterocycles. The van der Waals surface area contributed by atoms with E-state index in [0.29, 0.717) is 17.5 Å². The second kappa shape index (κ2) is 14.0. The fraction of sp³-hybridized carbons (Fsp3) is 0. The summed E-state index contributed by atoms with van der Waals surface area (Å²) >= 11 is 0. The van der Waals surface area contributed by atoms with Crippen molar-refractivity contribution in [2.75, 3.05) is 0 Å². The minimum Gasteiger partial charge on any atom is -0.456 e. The Bertz CT molecular complexity index is 3870. The van der Waals surface area contributed by atoms with Gasteiger partial charge in [0, 0.05) is 49.0 Å². The second-order valence-corrected chi connectivity index (χ2v) is 15.9. The minimum absolute atomic E-state index is 0.554. The molecule has 0 spiro atoms. The Morgan fingerprint density at radius 1 is 0.317 bits per heavy atom. The fourth-order valence-corrected chi connectivity index (χ4v) is 9.42. The van der Waals surface area contributed by atoms with Crippen molar-refractivity contribution < 1.29 is 8.83 Å². The lowest BCUT2D eigenvalue weighted by molar-refractivity contribution is 0.666. The first-order chi connectivity index (χ1) is 31.2. The van der Waals surface area contributed by atoms with E-state index in [4.69, 9.17) is 23.8 Å². The highest BCUT2D eigenvalue weighted by molar-refractivity contribution is 6.16. The lowest BCUT2D eigenvalue weighted by atomic mass is 9.98. The van der Waals surface area contributed by atoms with Gasteiger partial charge in [-0.1, -0.05) is 152 Å². The maximum atomic E-state index is 6.89. The molecule has 294 valence electrons. The number of hydrogen-bond donors (Lipinski definition) is 0. The van der Waals surface area contributed by atoms with Gasteiger partial charge in [-0.15, -0.1) is 0 Å². The van der Waals surface area contributed by atoms with Crippen molar-refractivity contribution in [3.8, 4) is 62.1 Å². The second-order valence-electron chi connectivity index (χ2n) is 15.9. The van der Waals surface area contributed by atoms with E-state index >= 15 is 0 Å². The van der Waals surface area contributed by atoms with Crippen LogP contribution >= 0.6 is 0 Å². The van der Waals surface area contributed by atoms with Crippen LogP contribution in [0.15, 0.2) is 215 Å². The van der Waals surface area contributed by atoms with Crippen LogP contribution in [0, 0.1) is 0 Å². The molecular weight excluding hydrogens is 773 g/mol. The van der Waals surface area contributed by atoms with Gasteiger partial charge in [0.2, 0.25) is 0 Å². The zero-order chi connectivity index (χ0) is 41.4. The Morgan fingerprint density at radius 2 is 0.857 bits per heavy atom. The molecule has 0 saturated carbocycles. The summed E-state index contributed by atoms with van der Waals surface area (Å²) in [6, 6.07) is 71.3. The summed E-state index contributed by atoms with van der Waals surface area (Å²) in [6.07, 6.45) is 0. The molecule has 0 unspecified atom stereocenters. The number of fused-ring (bicyclic) bond motifs is 9. The Balaban J connectivity index is 1.04. The SMILES string of the molecule is c1ccc(-c2cccc(-c3nc(-c4ccc5oc6cccc(-c7ccccc7)c6c5c4)nc(-c4cccc5oc6c(-n7c8ccccc8c8ccccc87)cccc6c45)n3)c2)cc1. The molecule has 9 aromatic carbocycles. The minimum atomic E-state index is 0.554. The number of aromatic nitrogens is 4. The van der Waals surface area contributed by atoms with Crippen molar-refractivity contribution in [2.24, 2.45) is 0 Å². The summed E-state index contributed by atoms with van der Waals surface area (Å²) in [4.78, 5) is 15.9. The van der Waals surface area contributed by atoms with Crippen LogP contribution in [0.2, 0.25) is 0 Å². The smallest absolute Gasteiger partial charge is 0.164 e. The third-order valence-electron chi connectivity index (χ3n) is 12.3. The number of benzene rings is 9. The van der Waals surface area contributed by atoms with E-state index in [0.717, 1.165) is 99.5 Å². The third-order valence-corrected chi connectivity index (χ3v) is 12.3. The molecule has 6 nitrogen and oxygen atoms in total. The molecule has 0 fully saturated rings. The molecule has 63 heavy (non-hydrogen) atoms. The number of rotatable bonds is 6. The normalized spacial score (nSPS) is 11.8. The van der Waals surface area contributed by atoms with Crippen molar-refractivity contribution in [2.45, 2.75) is 0 Å². The summed E-state index contributed by atoms with van der Waals surface area (Å²) < 4.78 is 15.6. The van der Waals surface area contributed by atoms with Crippen molar-refractivity contribution in [3.63, 3.8) is 0 Å². The monoisotopic (exact) mass is 806 g/mol. The van der Waals surface area contributed by atoms with Crippen LogP contribution in [0.25, 0.3) is 128 Å². The quantitative estimate of drug-likeness (QED) is 0.167. The molecule has 0 bridgehead atoms. The maximum Gasteiger partial charge on any atom is 0.164 e. The van der Waals surface area contributed by atoms with Crippen LogP contribution in [-0.2, 0) is 0 Å². The molecule has 0 atom stereocenters. The summed E-state index contributed by atoms with van der Waals surface area (Å²) in [5.74, 6) is 1.69. The predicted molar refractivity (Wildman–Crippen MR) is 256 cm³/mol. The Morgan fingerprint density at radius 3 is 1.60 bits per heavy atom. The zero-order valence-corrected chi connectivity index (χ0v) is 33.7. The first kappa shape index (κ1) is 35.2. The molecule has 6 heteroatoms. The molecule has 13 aromatic rings. The highest BCUT2D eigenvalue weighted by atomic mass is 16.3. The number of furan rings is 2. The lowest BCUT2D eigenvalue weighted by Gasteiger charge is -2.11. The molecule has 4 aromatic heterocycles. The highest BCUT2D eigenvalue weighted by Gasteiger charge is 2.22. The van der Waals surface area contributed by atoms with Gasteiger partial charge >= 0.3 is 0 Å². The van der Waals surface area contributed by atoms with E-state index in [2.05, 4.69) is 162 Å². The fourth-order valence-electron chi connectivity index (χ4n) is 9.42. The van der Waals surface area contributed by atoms with Crippen molar-refractivity contribution in [1.82, 2.24) is 19.5 Å². The number of nitrogens with zero attached hydrogens (tertiary/aromatic N) is 4. The molecule has 0 aliphatic carbocycles. The number of para-hydroxylation sites is 3. The van der Waals surface area contributed by atoms with E-state index in [1.54, 1.807) is 0 Å². The Labute approximate surface area is 361 Å². The standard InChI is InChI=1S/C57H34N4O2/c1-3-15-35(16-4-1)37-19-11-20-38(33-37)55-58-56(39-31-32-49-45(34-39)52-40(23-13-29-50(52)62-49)36-17-5-2-6-18-36)60-57(59-55)44-25-14-30-51-53(44)43-24-12-28-48(54(43)63-51)61-46-26-9-7-21-41(46)42-22-8-10-27-47(42)61/h1-34H. The molecule has 13 rings (SSSR count). The van der Waals surface area contributed by atoms with E-state index in [-0.39, 0.29) is 0 Å². The van der Waals surface area contributed by atoms with E-state index in [1.165, 1.54) is 10.8 Å². The van der Waals surface area contributed by atoms with Gasteiger partial charge in [-0.05, 0) is 76.9 Å². The molecule has 4 heterocycles. The van der Waals surface area contributed by atoms with Gasteiger partial charge in [0.25, 0.3) is 0 Å². The largest absolute Gasteiger partial charge is 0.456 e. The van der Waals surface area contributed by atoms with Crippen LogP contribution in [0.1, 0.15) is 0 Å². The summed E-state index contributed by atoms with van der Waals surface area (Å²) in [7, 11) is 0. The number of hydrogen-bond acceptors (Lipinski definition) is 5. The van der Waals surface area contributed by atoms with E-state index in [9.17, 15) is 0 Å². The molecule has 0 amide bonds. The zero-order valence-electron chi connectivity index (χ0n) is 33.7. The first-order valence-corrected chi connectivity index (χ1v) is 21.1. The van der Waals surface area contributed by atoms with Gasteiger partial charge < -0.3 is 13.4 Å². The van der Waals surface area contributed by atoms with Crippen LogP contribution in [-0.4, -0.2) is 19.5 Å². The van der Waals surface area contributed by atoms with E-state index in [1.807, 2.05) is 48.5 Å². The average molecular weight is 807 g/mol. The van der Waals surface area contributed by atoms with Crippen LogP contribution in [0.5, 0.6) is 0 Å². The maximum absolute atomic E-state index is 6.89. The van der Waals surface area contributed by atoms with Crippen molar-refractivity contribution in [3.05, 3.63) is 206 Å². The Kier molecular flexibility index (Phi) is 7.80. The molecular formula is C57H34N4O2. The molecule has 0 radical (unpaired) electrons. The van der Waals surface area contributed by atoms with Gasteiger partial charge in [-0.3, -0.25) is 0 Å². The van der Waals surface area contributed by atoms with Gasteiger partial charge in [0.1, 0.15) is 16.7 Å². The predicted octanol–water partition coefficient (Wildman–Crippen LogP) is 15.1. The Hall–Kier alpha value is -8.61. The lowest BCUT2D eigenvalue weighted by Crippen LogP contribution is -2.00. The van der Waals surface area contributed by atoms with Gasteiger partial charge in [-0.25, -0.2) is 15.0 Å². The third kappa shape index (κ3) is 5.62.